The summed E-state index contributed by atoms with van der Waals surface area (Å²) in [5, 5.41) is 1.31. The average Bonchev–Trinajstić information content (AvgIpc) is 3.22. The van der Waals surface area contributed by atoms with Crippen molar-refractivity contribution in [3.05, 3.63) is 59.1 Å². The van der Waals surface area contributed by atoms with Crippen LogP contribution in [-0.2, 0) is 11.8 Å². The van der Waals surface area contributed by atoms with E-state index in [1.807, 2.05) is 6.33 Å². The molecule has 0 radical (unpaired) electrons. The number of furan rings is 1. The third-order valence-corrected chi connectivity index (χ3v) is 6.61. The molecule has 3 nitrogen and oxygen atoms in total. The number of nitrogens with zero attached hydrogens (tertiary/aromatic N) is 2. The molecule has 4 aromatic rings. The van der Waals surface area contributed by atoms with Crippen LogP contribution in [0.2, 0.25) is 0 Å². The van der Waals surface area contributed by atoms with Crippen molar-refractivity contribution < 1.29 is 4.42 Å². The van der Waals surface area contributed by atoms with Crippen LogP contribution in [0.3, 0.4) is 0 Å². The van der Waals surface area contributed by atoms with E-state index in [4.69, 9.17) is 4.42 Å². The summed E-state index contributed by atoms with van der Waals surface area (Å²) in [6.45, 7) is 6.94. The van der Waals surface area contributed by atoms with Gasteiger partial charge in [0, 0.05) is 27.8 Å². The van der Waals surface area contributed by atoms with Crippen molar-refractivity contribution in [2.45, 2.75) is 51.4 Å². The van der Waals surface area contributed by atoms with E-state index in [1.54, 1.807) is 0 Å². The molecular formula is C23H22N2O. The molecule has 2 aromatic carbocycles. The fraction of sp³-hybridized carbons (Fsp3) is 0.348. The molecule has 0 spiro atoms. The molecule has 1 unspecified atom stereocenters. The van der Waals surface area contributed by atoms with Crippen molar-refractivity contribution in [1.29, 1.82) is 0 Å². The third-order valence-electron chi connectivity index (χ3n) is 6.61. The molecular weight excluding hydrogens is 320 g/mol. The van der Waals surface area contributed by atoms with Gasteiger partial charge in [-0.05, 0) is 43.0 Å². The van der Waals surface area contributed by atoms with Crippen LogP contribution in [0, 0.1) is 0 Å². The number of hydrogen-bond donors (Lipinski definition) is 0. The van der Waals surface area contributed by atoms with Gasteiger partial charge >= 0.3 is 0 Å². The number of hydrogen-bond acceptors (Lipinski definition) is 2. The van der Waals surface area contributed by atoms with Crippen molar-refractivity contribution in [2.75, 3.05) is 0 Å². The van der Waals surface area contributed by atoms with Crippen LogP contribution in [0.1, 0.15) is 62.0 Å². The third kappa shape index (κ3) is 1.58. The van der Waals surface area contributed by atoms with Crippen LogP contribution in [0.4, 0.5) is 0 Å². The van der Waals surface area contributed by atoms with Gasteiger partial charge in [-0.1, -0.05) is 32.9 Å². The SMILES string of the molecule is CC1CCCc2c1oc1c3c(ccc21)-n1cnc2cccc(c21)C3(C)C. The van der Waals surface area contributed by atoms with Gasteiger partial charge in [0.2, 0.25) is 0 Å². The number of fused-ring (bicyclic) bond motifs is 6. The molecule has 26 heavy (non-hydrogen) atoms. The Labute approximate surface area is 152 Å². The maximum atomic E-state index is 6.59. The summed E-state index contributed by atoms with van der Waals surface area (Å²) < 4.78 is 8.84. The van der Waals surface area contributed by atoms with Crippen LogP contribution in [0.5, 0.6) is 0 Å². The fourth-order valence-electron chi connectivity index (χ4n) is 5.28. The summed E-state index contributed by atoms with van der Waals surface area (Å²) in [5.41, 5.74) is 8.54. The summed E-state index contributed by atoms with van der Waals surface area (Å²) in [4.78, 5) is 4.64. The lowest BCUT2D eigenvalue weighted by molar-refractivity contribution is 0.448. The first-order valence-electron chi connectivity index (χ1n) is 9.63. The highest BCUT2D eigenvalue weighted by molar-refractivity contribution is 5.94. The maximum absolute atomic E-state index is 6.59. The van der Waals surface area contributed by atoms with E-state index in [2.05, 4.69) is 60.7 Å². The molecule has 130 valence electrons. The summed E-state index contributed by atoms with van der Waals surface area (Å²) in [6.07, 6.45) is 5.58. The minimum atomic E-state index is -0.117. The van der Waals surface area contributed by atoms with Gasteiger partial charge in [0.1, 0.15) is 17.7 Å². The average molecular weight is 342 g/mol. The normalized spacial score (nSPS) is 20.3. The molecule has 0 saturated heterocycles. The summed E-state index contributed by atoms with van der Waals surface area (Å²) in [6, 6.07) is 11.0. The number of aromatic nitrogens is 2. The lowest BCUT2D eigenvalue weighted by atomic mass is 9.74. The molecule has 0 amide bonds. The molecule has 2 aliphatic rings. The van der Waals surface area contributed by atoms with Crippen molar-refractivity contribution in [3.63, 3.8) is 0 Å². The summed E-state index contributed by atoms with van der Waals surface area (Å²) in [5.74, 6) is 1.73. The summed E-state index contributed by atoms with van der Waals surface area (Å²) >= 11 is 0. The van der Waals surface area contributed by atoms with E-state index in [0.29, 0.717) is 5.92 Å². The molecule has 1 aliphatic heterocycles. The molecule has 0 fully saturated rings. The van der Waals surface area contributed by atoms with Crippen LogP contribution < -0.4 is 0 Å². The summed E-state index contributed by atoms with van der Waals surface area (Å²) in [7, 11) is 0. The van der Waals surface area contributed by atoms with Crippen LogP contribution in [0.25, 0.3) is 27.7 Å². The molecule has 0 bridgehead atoms. The molecule has 3 heteroatoms. The van der Waals surface area contributed by atoms with E-state index in [9.17, 15) is 0 Å². The second-order valence-electron chi connectivity index (χ2n) is 8.49. The van der Waals surface area contributed by atoms with Gasteiger partial charge < -0.3 is 4.42 Å². The van der Waals surface area contributed by atoms with Gasteiger partial charge in [-0.25, -0.2) is 4.98 Å². The van der Waals surface area contributed by atoms with E-state index < -0.39 is 0 Å². The number of aryl methyl sites for hydroxylation is 1. The lowest BCUT2D eigenvalue weighted by Crippen LogP contribution is -2.26. The van der Waals surface area contributed by atoms with Gasteiger partial charge in [0.25, 0.3) is 0 Å². The number of rotatable bonds is 0. The highest BCUT2D eigenvalue weighted by Gasteiger charge is 2.38. The van der Waals surface area contributed by atoms with E-state index in [0.717, 1.165) is 17.5 Å². The van der Waals surface area contributed by atoms with Crippen molar-refractivity contribution in [1.82, 2.24) is 9.55 Å². The smallest absolute Gasteiger partial charge is 0.140 e. The molecule has 3 heterocycles. The van der Waals surface area contributed by atoms with Crippen LogP contribution in [-0.4, -0.2) is 9.55 Å². The minimum Gasteiger partial charge on any atom is -0.460 e. The number of para-hydroxylation sites is 1. The Bertz CT molecular complexity index is 1210. The van der Waals surface area contributed by atoms with Gasteiger partial charge in [-0.2, -0.15) is 0 Å². The highest BCUT2D eigenvalue weighted by atomic mass is 16.3. The second-order valence-corrected chi connectivity index (χ2v) is 8.49. The molecule has 2 aromatic heterocycles. The predicted octanol–water partition coefficient (Wildman–Crippen LogP) is 5.85. The second kappa shape index (κ2) is 4.59. The first kappa shape index (κ1) is 14.6. The van der Waals surface area contributed by atoms with Gasteiger partial charge in [0.15, 0.2) is 0 Å². The van der Waals surface area contributed by atoms with Gasteiger partial charge in [-0.15, -0.1) is 0 Å². The highest BCUT2D eigenvalue weighted by Crippen LogP contribution is 2.49. The van der Waals surface area contributed by atoms with Crippen molar-refractivity contribution in [3.8, 4) is 5.69 Å². The molecule has 0 N–H and O–H groups in total. The van der Waals surface area contributed by atoms with Crippen LogP contribution >= 0.6 is 0 Å². The van der Waals surface area contributed by atoms with Crippen molar-refractivity contribution >= 4 is 22.0 Å². The monoisotopic (exact) mass is 342 g/mol. The molecule has 6 rings (SSSR count). The predicted molar refractivity (Wildman–Crippen MR) is 104 cm³/mol. The fourth-order valence-corrected chi connectivity index (χ4v) is 5.28. The quantitative estimate of drug-likeness (QED) is 0.401. The van der Waals surface area contributed by atoms with E-state index in [-0.39, 0.29) is 5.41 Å². The lowest BCUT2D eigenvalue weighted by Gasteiger charge is -2.33. The van der Waals surface area contributed by atoms with Crippen LogP contribution in [0.15, 0.2) is 41.1 Å². The first-order chi connectivity index (χ1) is 12.6. The van der Waals surface area contributed by atoms with Gasteiger partial charge in [0.05, 0.1) is 16.7 Å². The molecule has 1 aliphatic carbocycles. The zero-order chi connectivity index (χ0) is 17.6. The molecule has 0 saturated carbocycles. The Morgan fingerprint density at radius 2 is 2.08 bits per heavy atom. The zero-order valence-electron chi connectivity index (χ0n) is 15.5. The van der Waals surface area contributed by atoms with Crippen molar-refractivity contribution in [2.24, 2.45) is 0 Å². The Balaban J connectivity index is 1.78. The zero-order valence-corrected chi connectivity index (χ0v) is 15.5. The first-order valence-corrected chi connectivity index (χ1v) is 9.63. The Kier molecular flexibility index (Phi) is 2.58. The van der Waals surface area contributed by atoms with Gasteiger partial charge in [-0.3, -0.25) is 4.57 Å². The Hall–Kier alpha value is -2.55. The topological polar surface area (TPSA) is 31.0 Å². The Morgan fingerprint density at radius 1 is 1.19 bits per heavy atom. The minimum absolute atomic E-state index is 0.117. The molecule has 1 atom stereocenters. The van der Waals surface area contributed by atoms with E-state index in [1.165, 1.54) is 51.9 Å². The maximum Gasteiger partial charge on any atom is 0.140 e. The number of benzene rings is 2. The van der Waals surface area contributed by atoms with E-state index >= 15 is 0 Å². The number of imidazole rings is 1. The standard InChI is InChI=1S/C23H22N2O/c1-13-6-4-7-14-15-10-11-18-19(22(15)26-21(13)14)23(2,3)16-8-5-9-17-20(16)25(18)12-24-17/h5,8-13H,4,6-7H2,1-3H3. The largest absolute Gasteiger partial charge is 0.460 e. The Morgan fingerprint density at radius 3 is 2.96 bits per heavy atom.